The zero-order valence-electron chi connectivity index (χ0n) is 19.1. The lowest BCUT2D eigenvalue weighted by Gasteiger charge is -2.25. The van der Waals surface area contributed by atoms with Crippen molar-refractivity contribution in [2.45, 2.75) is 62.9 Å². The highest BCUT2D eigenvalue weighted by atomic mass is 32.2. The molecule has 1 aliphatic carbocycles. The number of para-hydroxylation sites is 1. The minimum Gasteiger partial charge on any atom is -0.310 e. The fourth-order valence-corrected chi connectivity index (χ4v) is 5.39. The molecular weight excluding hydrogens is 422 g/mol. The lowest BCUT2D eigenvalue weighted by atomic mass is 9.85. The summed E-state index contributed by atoms with van der Waals surface area (Å²) in [5, 5.41) is 3.58. The first kappa shape index (κ1) is 24.3. The van der Waals surface area contributed by atoms with Crippen molar-refractivity contribution in [3.8, 4) is 0 Å². The van der Waals surface area contributed by atoms with E-state index in [0.717, 1.165) is 17.0 Å². The van der Waals surface area contributed by atoms with Gasteiger partial charge in [0.25, 0.3) is 10.0 Å². The predicted molar refractivity (Wildman–Crippen MR) is 130 cm³/mol. The number of benzene rings is 2. The Hall–Kier alpha value is -2.35. The molecule has 0 heterocycles. The smallest absolute Gasteiger partial charge is 0.261 e. The number of hydroxylamine groups is 1. The maximum absolute atomic E-state index is 13.0. The average molecular weight is 458 g/mol. The topological polar surface area (TPSA) is 79.5 Å². The molecule has 0 amide bonds. The van der Waals surface area contributed by atoms with Gasteiger partial charge in [0, 0.05) is 12.6 Å². The van der Waals surface area contributed by atoms with E-state index >= 15 is 0 Å². The summed E-state index contributed by atoms with van der Waals surface area (Å²) in [4.78, 5) is 5.04. The molecule has 0 unspecified atom stereocenters. The molecule has 1 atom stereocenters. The number of rotatable bonds is 11. The highest BCUT2D eigenvalue weighted by Gasteiger charge is 2.18. The van der Waals surface area contributed by atoms with Gasteiger partial charge in [0.05, 0.1) is 23.4 Å². The van der Waals surface area contributed by atoms with E-state index in [-0.39, 0.29) is 4.90 Å². The third kappa shape index (κ3) is 6.82. The van der Waals surface area contributed by atoms with Gasteiger partial charge in [-0.15, -0.1) is 0 Å². The fraction of sp³-hybridized carbons (Fsp3) is 0.440. The van der Waals surface area contributed by atoms with Crippen molar-refractivity contribution < 1.29 is 13.3 Å². The standard InChI is InChI=1S/C25H35N3O3S/c1-19(17-21-9-5-4-6-10-21)26-18-23-11-7-8-12-25(23)28-32(29,30)24-15-13-22(14-16-24)20(2)27-31-3/h7-8,11-16,19,21,26-28H,2,4-6,9-10,17-18H2,1,3H3/t19-/m0/s1. The molecule has 0 aliphatic heterocycles. The Morgan fingerprint density at radius 2 is 1.78 bits per heavy atom. The van der Waals surface area contributed by atoms with Gasteiger partial charge in [-0.05, 0) is 48.6 Å². The Balaban J connectivity index is 1.63. The van der Waals surface area contributed by atoms with Crippen molar-refractivity contribution >= 4 is 21.4 Å². The van der Waals surface area contributed by atoms with E-state index in [1.807, 2.05) is 18.2 Å². The van der Waals surface area contributed by atoms with Crippen LogP contribution in [0.5, 0.6) is 0 Å². The first-order valence-electron chi connectivity index (χ1n) is 11.3. The second-order valence-corrected chi connectivity index (χ2v) is 10.3. The minimum absolute atomic E-state index is 0.194. The molecule has 1 fully saturated rings. The van der Waals surface area contributed by atoms with Crippen LogP contribution < -0.4 is 15.5 Å². The summed E-state index contributed by atoms with van der Waals surface area (Å²) >= 11 is 0. The van der Waals surface area contributed by atoms with Crippen molar-refractivity contribution in [1.82, 2.24) is 10.8 Å². The Labute approximate surface area is 192 Å². The molecule has 3 rings (SSSR count). The molecule has 1 saturated carbocycles. The van der Waals surface area contributed by atoms with Crippen molar-refractivity contribution in [3.63, 3.8) is 0 Å². The highest BCUT2D eigenvalue weighted by molar-refractivity contribution is 7.92. The van der Waals surface area contributed by atoms with Crippen LogP contribution >= 0.6 is 0 Å². The molecule has 0 saturated heterocycles. The van der Waals surface area contributed by atoms with Crippen LogP contribution in [-0.2, 0) is 21.4 Å². The first-order valence-corrected chi connectivity index (χ1v) is 12.8. The number of hydrogen-bond donors (Lipinski definition) is 3. The molecule has 1 aliphatic rings. The third-order valence-corrected chi connectivity index (χ3v) is 7.43. The minimum atomic E-state index is -3.71. The Morgan fingerprint density at radius 1 is 1.09 bits per heavy atom. The lowest BCUT2D eigenvalue weighted by molar-refractivity contribution is 0.137. The molecule has 7 heteroatoms. The monoisotopic (exact) mass is 457 g/mol. The van der Waals surface area contributed by atoms with Crippen molar-refractivity contribution in [3.05, 3.63) is 66.2 Å². The van der Waals surface area contributed by atoms with E-state index in [4.69, 9.17) is 4.84 Å². The van der Waals surface area contributed by atoms with Gasteiger partial charge in [-0.1, -0.05) is 69.0 Å². The summed E-state index contributed by atoms with van der Waals surface area (Å²) in [6.07, 6.45) is 7.89. The van der Waals surface area contributed by atoms with Crippen LogP contribution in [0.25, 0.3) is 5.70 Å². The summed E-state index contributed by atoms with van der Waals surface area (Å²) in [6.45, 7) is 6.69. The average Bonchev–Trinajstić information content (AvgIpc) is 2.79. The maximum atomic E-state index is 13.0. The number of anilines is 1. The van der Waals surface area contributed by atoms with Crippen molar-refractivity contribution in [2.75, 3.05) is 11.8 Å². The molecular formula is C25H35N3O3S. The summed E-state index contributed by atoms with van der Waals surface area (Å²) in [6, 6.07) is 14.5. The van der Waals surface area contributed by atoms with Gasteiger partial charge in [-0.25, -0.2) is 8.42 Å². The molecule has 0 radical (unpaired) electrons. The van der Waals surface area contributed by atoms with Crippen molar-refractivity contribution in [1.29, 1.82) is 0 Å². The second-order valence-electron chi connectivity index (χ2n) is 8.59. The molecule has 0 spiro atoms. The predicted octanol–water partition coefficient (Wildman–Crippen LogP) is 5.06. The third-order valence-electron chi connectivity index (χ3n) is 6.05. The Bertz CT molecular complexity index is 984. The van der Waals surface area contributed by atoms with Crippen LogP contribution in [0, 0.1) is 5.92 Å². The second kappa shape index (κ2) is 11.5. The van der Waals surface area contributed by atoms with Gasteiger partial charge in [0.15, 0.2) is 0 Å². The van der Waals surface area contributed by atoms with Crippen molar-refractivity contribution in [2.24, 2.45) is 5.92 Å². The highest BCUT2D eigenvalue weighted by Crippen LogP contribution is 2.27. The van der Waals surface area contributed by atoms with E-state index in [0.29, 0.717) is 24.0 Å². The van der Waals surface area contributed by atoms with E-state index in [2.05, 4.69) is 29.0 Å². The van der Waals surface area contributed by atoms with Gasteiger partial charge in [0.2, 0.25) is 0 Å². The maximum Gasteiger partial charge on any atom is 0.261 e. The fourth-order valence-electron chi connectivity index (χ4n) is 4.29. The van der Waals surface area contributed by atoms with Gasteiger partial charge < -0.3 is 5.32 Å². The largest absolute Gasteiger partial charge is 0.310 e. The van der Waals surface area contributed by atoms with E-state index in [9.17, 15) is 8.42 Å². The summed E-state index contributed by atoms with van der Waals surface area (Å²) < 4.78 is 28.7. The quantitative estimate of drug-likeness (QED) is 0.411. The zero-order valence-corrected chi connectivity index (χ0v) is 19.9. The van der Waals surface area contributed by atoms with E-state index < -0.39 is 10.0 Å². The summed E-state index contributed by atoms with van der Waals surface area (Å²) in [7, 11) is -2.21. The SMILES string of the molecule is C=C(NOC)c1ccc(S(=O)(=O)Nc2ccccc2CN[C@@H](C)CC2CCCCC2)cc1. The van der Waals surface area contributed by atoms with E-state index in [1.54, 1.807) is 30.3 Å². The van der Waals surface area contributed by atoms with Crippen LogP contribution in [0.2, 0.25) is 0 Å². The zero-order chi connectivity index (χ0) is 23.0. The molecule has 0 bridgehead atoms. The normalized spacial score (nSPS) is 15.8. The first-order chi connectivity index (χ1) is 15.4. The number of sulfonamides is 1. The van der Waals surface area contributed by atoms with Gasteiger partial charge in [-0.2, -0.15) is 0 Å². The van der Waals surface area contributed by atoms with Gasteiger partial charge in [-0.3, -0.25) is 15.0 Å². The van der Waals surface area contributed by atoms with Gasteiger partial charge in [0.1, 0.15) is 0 Å². The van der Waals surface area contributed by atoms with E-state index in [1.165, 1.54) is 45.6 Å². The molecule has 2 aromatic carbocycles. The van der Waals surface area contributed by atoms with Crippen LogP contribution in [0.15, 0.2) is 60.0 Å². The number of hydrogen-bond acceptors (Lipinski definition) is 5. The number of nitrogens with one attached hydrogen (secondary N) is 3. The van der Waals surface area contributed by atoms with Crippen LogP contribution in [0.1, 0.15) is 56.6 Å². The molecule has 3 N–H and O–H groups in total. The summed E-state index contributed by atoms with van der Waals surface area (Å²) in [5.41, 5.74) is 5.49. The van der Waals surface area contributed by atoms with Gasteiger partial charge >= 0.3 is 0 Å². The molecule has 32 heavy (non-hydrogen) atoms. The molecule has 0 aromatic heterocycles. The van der Waals surface area contributed by atoms with Crippen LogP contribution in [0.3, 0.4) is 0 Å². The molecule has 174 valence electrons. The Kier molecular flexibility index (Phi) is 8.73. The molecule has 6 nitrogen and oxygen atoms in total. The Morgan fingerprint density at radius 3 is 2.47 bits per heavy atom. The van der Waals surface area contributed by atoms with Crippen LogP contribution in [0.4, 0.5) is 5.69 Å². The summed E-state index contributed by atoms with van der Waals surface area (Å²) in [5.74, 6) is 0.804. The molecule has 2 aromatic rings. The van der Waals surface area contributed by atoms with Crippen LogP contribution in [-0.4, -0.2) is 21.6 Å². The lowest BCUT2D eigenvalue weighted by Crippen LogP contribution is -2.29.